The third kappa shape index (κ3) is 3.50. The molecule has 1 aromatic rings. The largest absolute Gasteiger partial charge is 0.389 e. The summed E-state index contributed by atoms with van der Waals surface area (Å²) in [7, 11) is -3.81. The van der Waals surface area contributed by atoms with Gasteiger partial charge in [-0.1, -0.05) is 0 Å². The third-order valence-electron chi connectivity index (χ3n) is 3.08. The van der Waals surface area contributed by atoms with Crippen LogP contribution in [0.4, 0.5) is 0 Å². The number of nitrogens with one attached hydrogen (secondary N) is 1. The van der Waals surface area contributed by atoms with Crippen LogP contribution in [0.5, 0.6) is 0 Å². The van der Waals surface area contributed by atoms with E-state index in [2.05, 4.69) is 9.71 Å². The van der Waals surface area contributed by atoms with Crippen LogP contribution in [0.15, 0.2) is 23.2 Å². The van der Waals surface area contributed by atoms with E-state index in [9.17, 15) is 13.5 Å². The lowest BCUT2D eigenvalue weighted by Gasteiger charge is -2.37. The van der Waals surface area contributed by atoms with Gasteiger partial charge in [-0.3, -0.25) is 0 Å². The quantitative estimate of drug-likeness (QED) is 0.850. The zero-order valence-corrected chi connectivity index (χ0v) is 12.1. The number of sulfonamides is 1. The lowest BCUT2D eigenvalue weighted by molar-refractivity contribution is 0.00638. The first-order valence-corrected chi connectivity index (χ1v) is 7.10. The van der Waals surface area contributed by atoms with E-state index in [0.29, 0.717) is 0 Å². The molecule has 19 heavy (non-hydrogen) atoms. The van der Waals surface area contributed by atoms with Crippen LogP contribution in [0.25, 0.3) is 0 Å². The fraction of sp³-hybridized carbons (Fsp3) is 0.500. The molecule has 0 radical (unpaired) electrons. The van der Waals surface area contributed by atoms with Crippen LogP contribution in [0, 0.1) is 11.3 Å². The number of aliphatic hydroxyl groups is 1. The third-order valence-corrected chi connectivity index (χ3v) is 4.72. The molecule has 2 N–H and O–H groups in total. The second kappa shape index (κ2) is 4.89. The fourth-order valence-corrected chi connectivity index (χ4v) is 2.60. The van der Waals surface area contributed by atoms with Gasteiger partial charge in [-0.25, -0.2) is 18.1 Å². The lowest BCUT2D eigenvalue weighted by Crippen LogP contribution is -2.57. The first kappa shape index (κ1) is 15.6. The molecule has 6 nitrogen and oxygen atoms in total. The molecule has 1 heterocycles. The molecule has 0 unspecified atom stereocenters. The van der Waals surface area contributed by atoms with Crippen molar-refractivity contribution in [2.24, 2.45) is 0 Å². The van der Waals surface area contributed by atoms with Gasteiger partial charge >= 0.3 is 0 Å². The summed E-state index contributed by atoms with van der Waals surface area (Å²) in [5.74, 6) is 0. The van der Waals surface area contributed by atoms with E-state index in [1.165, 1.54) is 26.0 Å². The van der Waals surface area contributed by atoms with Crippen molar-refractivity contribution in [3.63, 3.8) is 0 Å². The maximum absolute atomic E-state index is 12.1. The van der Waals surface area contributed by atoms with Crippen LogP contribution < -0.4 is 4.72 Å². The second-order valence-corrected chi connectivity index (χ2v) is 6.96. The SMILES string of the molecule is CC(C)(O)C(C)(C)NS(=O)(=O)c1ccc(C#N)nc1. The molecular weight excluding hydrogens is 266 g/mol. The number of rotatable bonds is 4. The van der Waals surface area contributed by atoms with Gasteiger partial charge in [0.2, 0.25) is 10.0 Å². The zero-order valence-electron chi connectivity index (χ0n) is 11.3. The van der Waals surface area contributed by atoms with E-state index < -0.39 is 21.2 Å². The van der Waals surface area contributed by atoms with Crippen LogP contribution in [0.1, 0.15) is 33.4 Å². The topological polar surface area (TPSA) is 103 Å². The molecule has 0 fully saturated rings. The minimum absolute atomic E-state index is 0.0520. The van der Waals surface area contributed by atoms with E-state index in [0.717, 1.165) is 6.20 Å². The molecule has 1 rings (SSSR count). The van der Waals surface area contributed by atoms with Gasteiger partial charge in [-0.2, -0.15) is 5.26 Å². The van der Waals surface area contributed by atoms with E-state index in [1.54, 1.807) is 13.8 Å². The van der Waals surface area contributed by atoms with Gasteiger partial charge in [-0.05, 0) is 39.8 Å². The zero-order chi connectivity index (χ0) is 14.9. The number of aromatic nitrogens is 1. The van der Waals surface area contributed by atoms with Gasteiger partial charge < -0.3 is 5.11 Å². The van der Waals surface area contributed by atoms with Gasteiger partial charge in [0.15, 0.2) is 0 Å². The molecule has 0 aliphatic carbocycles. The van der Waals surface area contributed by atoms with Crippen molar-refractivity contribution >= 4 is 10.0 Å². The molecule has 0 bridgehead atoms. The molecule has 0 aliphatic heterocycles. The Bertz CT molecular complexity index is 593. The van der Waals surface area contributed by atoms with Crippen LogP contribution in [0.2, 0.25) is 0 Å². The van der Waals surface area contributed by atoms with Crippen LogP contribution in [-0.4, -0.2) is 29.6 Å². The Hall–Kier alpha value is -1.49. The number of nitrogens with zero attached hydrogens (tertiary/aromatic N) is 2. The number of nitriles is 1. The maximum Gasteiger partial charge on any atom is 0.242 e. The van der Waals surface area contributed by atoms with Crippen molar-refractivity contribution in [1.82, 2.24) is 9.71 Å². The highest BCUT2D eigenvalue weighted by Gasteiger charge is 2.38. The highest BCUT2D eigenvalue weighted by molar-refractivity contribution is 7.89. The van der Waals surface area contributed by atoms with Gasteiger partial charge in [0, 0.05) is 6.20 Å². The van der Waals surface area contributed by atoms with Crippen molar-refractivity contribution in [1.29, 1.82) is 5.26 Å². The predicted molar refractivity (Wildman–Crippen MR) is 69.7 cm³/mol. The molecule has 1 aromatic heterocycles. The van der Waals surface area contributed by atoms with Crippen molar-refractivity contribution < 1.29 is 13.5 Å². The summed E-state index contributed by atoms with van der Waals surface area (Å²) in [5, 5.41) is 18.6. The summed E-state index contributed by atoms with van der Waals surface area (Å²) in [6, 6.07) is 4.44. The number of hydrogen-bond donors (Lipinski definition) is 2. The van der Waals surface area contributed by atoms with Crippen LogP contribution in [0.3, 0.4) is 0 Å². The summed E-state index contributed by atoms with van der Waals surface area (Å²) in [5.41, 5.74) is -2.15. The Morgan fingerprint density at radius 2 is 1.89 bits per heavy atom. The average Bonchev–Trinajstić information content (AvgIpc) is 2.26. The van der Waals surface area contributed by atoms with Gasteiger partial charge in [0.25, 0.3) is 0 Å². The Balaban J connectivity index is 3.09. The van der Waals surface area contributed by atoms with E-state index in [4.69, 9.17) is 5.26 Å². The summed E-state index contributed by atoms with van der Waals surface area (Å²) in [6.07, 6.45) is 1.11. The molecule has 0 aromatic carbocycles. The van der Waals surface area contributed by atoms with Crippen molar-refractivity contribution in [3.8, 4) is 6.07 Å². The number of pyridine rings is 1. The molecule has 0 saturated heterocycles. The lowest BCUT2D eigenvalue weighted by atomic mass is 9.87. The monoisotopic (exact) mass is 283 g/mol. The van der Waals surface area contributed by atoms with Gasteiger partial charge in [-0.15, -0.1) is 0 Å². The Morgan fingerprint density at radius 3 is 2.26 bits per heavy atom. The Morgan fingerprint density at radius 1 is 1.32 bits per heavy atom. The van der Waals surface area contributed by atoms with Gasteiger partial charge in [0.1, 0.15) is 16.7 Å². The highest BCUT2D eigenvalue weighted by atomic mass is 32.2. The Labute approximate surface area is 113 Å². The minimum Gasteiger partial charge on any atom is -0.389 e. The fourth-order valence-electron chi connectivity index (χ4n) is 1.13. The predicted octanol–water partition coefficient (Wildman–Crippen LogP) is 0.781. The molecule has 0 spiro atoms. The highest BCUT2D eigenvalue weighted by Crippen LogP contribution is 2.23. The first-order valence-electron chi connectivity index (χ1n) is 5.62. The van der Waals surface area contributed by atoms with E-state index >= 15 is 0 Å². The van der Waals surface area contributed by atoms with Crippen molar-refractivity contribution in [3.05, 3.63) is 24.0 Å². The summed E-state index contributed by atoms with van der Waals surface area (Å²) in [4.78, 5) is 3.66. The molecule has 104 valence electrons. The normalized spacial score (nSPS) is 13.1. The van der Waals surface area contributed by atoms with Crippen molar-refractivity contribution in [2.45, 2.75) is 43.7 Å². The number of hydrogen-bond acceptors (Lipinski definition) is 5. The van der Waals surface area contributed by atoms with Crippen molar-refractivity contribution in [2.75, 3.05) is 0 Å². The second-order valence-electron chi connectivity index (χ2n) is 5.28. The minimum atomic E-state index is -3.81. The smallest absolute Gasteiger partial charge is 0.242 e. The van der Waals surface area contributed by atoms with Crippen LogP contribution >= 0.6 is 0 Å². The summed E-state index contributed by atoms with van der Waals surface area (Å²) in [6.45, 7) is 6.21. The molecule has 7 heteroatoms. The summed E-state index contributed by atoms with van der Waals surface area (Å²) < 4.78 is 26.7. The van der Waals surface area contributed by atoms with Crippen LogP contribution in [-0.2, 0) is 10.0 Å². The Kier molecular flexibility index (Phi) is 4.00. The van der Waals surface area contributed by atoms with Gasteiger partial charge in [0.05, 0.1) is 11.1 Å². The average molecular weight is 283 g/mol. The molecule has 0 amide bonds. The van der Waals surface area contributed by atoms with E-state index in [-0.39, 0.29) is 10.6 Å². The maximum atomic E-state index is 12.1. The molecule has 0 saturated carbocycles. The molecular formula is C12H17N3O3S. The first-order chi connectivity index (χ1) is 8.49. The molecule has 0 aliphatic rings. The summed E-state index contributed by atoms with van der Waals surface area (Å²) >= 11 is 0. The standard InChI is InChI=1S/C12H17N3O3S/c1-11(2,12(3,4)16)15-19(17,18)10-6-5-9(7-13)14-8-10/h5-6,8,15-16H,1-4H3. The van der Waals surface area contributed by atoms with E-state index in [1.807, 2.05) is 6.07 Å². The molecule has 0 atom stereocenters.